The van der Waals surface area contributed by atoms with Crippen LogP contribution in [0.4, 0.5) is 9.59 Å². The fourth-order valence-electron chi connectivity index (χ4n) is 5.06. The molecule has 0 fully saturated rings. The smallest absolute Gasteiger partial charge is 0.408 e. The number of aliphatic carboxylic acids is 1. The average molecular weight is 588 g/mol. The van der Waals surface area contributed by atoms with Crippen molar-refractivity contribution in [3.63, 3.8) is 0 Å². The number of hydrogen-bond acceptors (Lipinski definition) is 6. The summed E-state index contributed by atoms with van der Waals surface area (Å²) in [5, 5.41) is 17.1. The molecule has 43 heavy (non-hydrogen) atoms. The average Bonchev–Trinajstić information content (AvgIpc) is 3.27. The Morgan fingerprint density at radius 2 is 1.40 bits per heavy atom. The summed E-state index contributed by atoms with van der Waals surface area (Å²) in [6, 6.07) is 23.5. The van der Waals surface area contributed by atoms with Crippen LogP contribution in [0.25, 0.3) is 11.1 Å². The maximum absolute atomic E-state index is 13.0. The number of amides is 3. The van der Waals surface area contributed by atoms with E-state index in [0.717, 1.165) is 27.8 Å². The largest absolute Gasteiger partial charge is 0.481 e. The Hall–Kier alpha value is -4.86. The van der Waals surface area contributed by atoms with Gasteiger partial charge < -0.3 is 30.5 Å². The molecular formula is C33H37N3O7. The lowest BCUT2D eigenvalue weighted by atomic mass is 9.98. The minimum Gasteiger partial charge on any atom is -0.481 e. The molecule has 0 saturated heterocycles. The number of alkyl carbamates (subject to hydrolysis) is 2. The van der Waals surface area contributed by atoms with Gasteiger partial charge in [0.1, 0.15) is 18.2 Å². The van der Waals surface area contributed by atoms with Crippen LogP contribution >= 0.6 is 0 Å². The molecule has 1 aliphatic carbocycles. The Morgan fingerprint density at radius 3 is 1.98 bits per heavy atom. The zero-order valence-electron chi connectivity index (χ0n) is 24.5. The van der Waals surface area contributed by atoms with Gasteiger partial charge in [0.2, 0.25) is 5.91 Å². The predicted octanol–water partition coefficient (Wildman–Crippen LogP) is 4.62. The van der Waals surface area contributed by atoms with Crippen molar-refractivity contribution >= 4 is 24.1 Å². The fourth-order valence-corrected chi connectivity index (χ4v) is 5.06. The highest BCUT2D eigenvalue weighted by molar-refractivity contribution is 5.89. The molecule has 0 spiro atoms. The summed E-state index contributed by atoms with van der Waals surface area (Å²) in [6.45, 7) is 5.06. The minimum absolute atomic E-state index is 0.0377. The van der Waals surface area contributed by atoms with Gasteiger partial charge in [-0.2, -0.15) is 0 Å². The van der Waals surface area contributed by atoms with Crippen LogP contribution in [0, 0.1) is 0 Å². The van der Waals surface area contributed by atoms with Crippen molar-refractivity contribution in [1.82, 2.24) is 16.0 Å². The molecule has 10 heteroatoms. The summed E-state index contributed by atoms with van der Waals surface area (Å²) in [6.07, 6.45) is -1.83. The van der Waals surface area contributed by atoms with E-state index in [9.17, 15) is 24.3 Å². The first kappa shape index (κ1) is 31.1. The molecule has 3 amide bonds. The first-order valence-electron chi connectivity index (χ1n) is 14.1. The van der Waals surface area contributed by atoms with Crippen LogP contribution in [0.1, 0.15) is 49.8 Å². The number of benzene rings is 3. The quantitative estimate of drug-likeness (QED) is 0.256. The third-order valence-electron chi connectivity index (χ3n) is 6.90. The van der Waals surface area contributed by atoms with Crippen LogP contribution in [-0.4, -0.2) is 60.0 Å². The molecule has 0 aromatic heterocycles. The molecule has 4 rings (SSSR count). The van der Waals surface area contributed by atoms with Crippen LogP contribution < -0.4 is 16.0 Å². The molecule has 3 aromatic carbocycles. The van der Waals surface area contributed by atoms with Crippen LogP contribution in [0.3, 0.4) is 0 Å². The highest BCUT2D eigenvalue weighted by Gasteiger charge is 2.30. The van der Waals surface area contributed by atoms with Gasteiger partial charge in [-0.1, -0.05) is 78.9 Å². The van der Waals surface area contributed by atoms with Crippen LogP contribution in [0.5, 0.6) is 0 Å². The highest BCUT2D eigenvalue weighted by Crippen LogP contribution is 2.44. The number of carboxylic acids is 1. The number of carbonyl (C=O) groups excluding carboxylic acids is 3. The normalized spacial score (nSPS) is 13.6. The first-order valence-corrected chi connectivity index (χ1v) is 14.1. The van der Waals surface area contributed by atoms with E-state index in [2.05, 4.69) is 28.1 Å². The Balaban J connectivity index is 1.41. The lowest BCUT2D eigenvalue weighted by Gasteiger charge is -2.24. The SMILES string of the molecule is CC(C)(C)OC(=O)N[C@@H](CC(=O)O)C(=O)NC[C@H](Cc1ccccc1)NC(=O)OCC1c2ccccc2-c2ccccc21. The van der Waals surface area contributed by atoms with Crippen molar-refractivity contribution in [3.05, 3.63) is 95.6 Å². The number of ether oxygens (including phenoxy) is 2. The summed E-state index contributed by atoms with van der Waals surface area (Å²) < 4.78 is 10.9. The van der Waals surface area contributed by atoms with Crippen LogP contribution in [0.15, 0.2) is 78.9 Å². The molecular weight excluding hydrogens is 550 g/mol. The summed E-state index contributed by atoms with van der Waals surface area (Å²) in [5.41, 5.74) is 4.50. The monoisotopic (exact) mass is 587 g/mol. The highest BCUT2D eigenvalue weighted by atomic mass is 16.6. The standard InChI is InChI=1S/C33H37N3O7/c1-33(2,3)43-32(41)36-28(18-29(37)38)30(39)34-19-22(17-21-11-5-4-6-12-21)35-31(40)42-20-27-25-15-9-7-13-23(25)24-14-8-10-16-26(24)27/h4-16,22,27-28H,17-20H2,1-3H3,(H,34,39)(H,35,40)(H,36,41)(H,37,38)/t22-,28-/m0/s1. The maximum atomic E-state index is 13.0. The number of hydrogen-bond donors (Lipinski definition) is 4. The third-order valence-corrected chi connectivity index (χ3v) is 6.90. The molecule has 1 aliphatic rings. The second-order valence-corrected chi connectivity index (χ2v) is 11.4. The van der Waals surface area contributed by atoms with Gasteiger partial charge in [0, 0.05) is 12.5 Å². The molecule has 226 valence electrons. The number of nitrogens with one attached hydrogen (secondary N) is 3. The summed E-state index contributed by atoms with van der Waals surface area (Å²) in [5.74, 6) is -2.10. The van der Waals surface area contributed by atoms with E-state index in [-0.39, 0.29) is 19.1 Å². The Bertz CT molecular complexity index is 1410. The van der Waals surface area contributed by atoms with Gasteiger partial charge in [0.05, 0.1) is 12.5 Å². The van der Waals surface area contributed by atoms with Crippen molar-refractivity contribution in [2.45, 2.75) is 57.2 Å². The van der Waals surface area contributed by atoms with Crippen LogP contribution in [-0.2, 0) is 25.5 Å². The van der Waals surface area contributed by atoms with E-state index in [4.69, 9.17) is 9.47 Å². The topological polar surface area (TPSA) is 143 Å². The lowest BCUT2D eigenvalue weighted by Crippen LogP contribution is -2.52. The van der Waals surface area contributed by atoms with Gasteiger partial charge in [-0.15, -0.1) is 0 Å². The molecule has 0 bridgehead atoms. The Morgan fingerprint density at radius 1 is 0.814 bits per heavy atom. The summed E-state index contributed by atoms with van der Waals surface area (Å²) in [4.78, 5) is 49.6. The van der Waals surface area contributed by atoms with Gasteiger partial charge in [0.15, 0.2) is 0 Å². The zero-order valence-corrected chi connectivity index (χ0v) is 24.5. The summed E-state index contributed by atoms with van der Waals surface area (Å²) >= 11 is 0. The zero-order chi connectivity index (χ0) is 31.0. The van der Waals surface area contributed by atoms with Crippen molar-refractivity contribution < 1.29 is 33.8 Å². The number of carbonyl (C=O) groups is 4. The molecule has 4 N–H and O–H groups in total. The third kappa shape index (κ3) is 8.81. The molecule has 0 radical (unpaired) electrons. The van der Waals surface area contributed by atoms with E-state index in [0.29, 0.717) is 6.42 Å². The van der Waals surface area contributed by atoms with Gasteiger partial charge in [-0.25, -0.2) is 9.59 Å². The van der Waals surface area contributed by atoms with E-state index < -0.39 is 48.2 Å². The number of rotatable bonds is 11. The Kier molecular flexibility index (Phi) is 10.0. The second-order valence-electron chi connectivity index (χ2n) is 11.4. The molecule has 0 heterocycles. The van der Waals surface area contributed by atoms with E-state index >= 15 is 0 Å². The molecule has 0 aliphatic heterocycles. The fraction of sp³-hybridized carbons (Fsp3) is 0.333. The van der Waals surface area contributed by atoms with Crippen molar-refractivity contribution in [2.24, 2.45) is 0 Å². The predicted molar refractivity (Wildman–Crippen MR) is 161 cm³/mol. The second kappa shape index (κ2) is 13.9. The molecule has 0 saturated carbocycles. The lowest BCUT2D eigenvalue weighted by molar-refractivity contribution is -0.139. The minimum atomic E-state index is -1.38. The maximum Gasteiger partial charge on any atom is 0.408 e. The molecule has 3 aromatic rings. The number of carboxylic acid groups (broad SMARTS) is 1. The van der Waals surface area contributed by atoms with E-state index in [1.165, 1.54) is 0 Å². The first-order chi connectivity index (χ1) is 20.5. The van der Waals surface area contributed by atoms with Crippen LogP contribution in [0.2, 0.25) is 0 Å². The van der Waals surface area contributed by atoms with Crippen molar-refractivity contribution in [3.8, 4) is 11.1 Å². The van der Waals surface area contributed by atoms with Gasteiger partial charge in [-0.05, 0) is 55.0 Å². The van der Waals surface area contributed by atoms with E-state index in [1.807, 2.05) is 66.7 Å². The van der Waals surface area contributed by atoms with Crippen molar-refractivity contribution in [1.29, 1.82) is 0 Å². The molecule has 0 unspecified atom stereocenters. The van der Waals surface area contributed by atoms with Gasteiger partial charge in [0.25, 0.3) is 0 Å². The van der Waals surface area contributed by atoms with Crippen molar-refractivity contribution in [2.75, 3.05) is 13.2 Å². The molecule has 2 atom stereocenters. The van der Waals surface area contributed by atoms with E-state index in [1.54, 1.807) is 20.8 Å². The summed E-state index contributed by atoms with van der Waals surface area (Å²) in [7, 11) is 0. The number of fused-ring (bicyclic) bond motifs is 3. The Labute approximate surface area is 250 Å². The van der Waals surface area contributed by atoms with Gasteiger partial charge >= 0.3 is 18.2 Å². The molecule has 10 nitrogen and oxygen atoms in total. The van der Waals surface area contributed by atoms with Gasteiger partial charge in [-0.3, -0.25) is 9.59 Å².